The van der Waals surface area contributed by atoms with Gasteiger partial charge in [-0.2, -0.15) is 8.42 Å². The predicted molar refractivity (Wildman–Crippen MR) is 89.0 cm³/mol. The summed E-state index contributed by atoms with van der Waals surface area (Å²) in [6.45, 7) is 1.37. The van der Waals surface area contributed by atoms with Gasteiger partial charge in [-0.15, -0.1) is 21.0 Å². The molecule has 0 aliphatic rings. The van der Waals surface area contributed by atoms with E-state index in [1.165, 1.54) is 6.92 Å². The van der Waals surface area contributed by atoms with Crippen molar-refractivity contribution in [2.75, 3.05) is 5.75 Å². The van der Waals surface area contributed by atoms with Crippen LogP contribution >= 0.6 is 39.5 Å². The molecule has 0 aromatic carbocycles. The summed E-state index contributed by atoms with van der Waals surface area (Å²) in [6.07, 6.45) is 0. The van der Waals surface area contributed by atoms with Gasteiger partial charge in [0.05, 0.1) is 5.75 Å². The standard InChI is InChI=1S/C2H6O3S.5FH2O3P.Li.H/c1-2-6(3,4)5;5*1-5(2,3)4;;/h2H2,1H3,(H,3,4,5);5*(H2,2,3,4);;/q;;;;;;+1;-1. The number of halogens is 5. The molecule has 0 saturated heterocycles. The van der Waals surface area contributed by atoms with E-state index < -0.39 is 49.7 Å². The maximum absolute atomic E-state index is 10.4. The van der Waals surface area contributed by atoms with Crippen molar-refractivity contribution < 1.29 is 126 Å². The minimum Gasteiger partial charge on any atom is -1.00 e. The van der Waals surface area contributed by atoms with Crippen LogP contribution in [0.3, 0.4) is 0 Å². The van der Waals surface area contributed by atoms with E-state index in [9.17, 15) is 29.4 Å². The summed E-state index contributed by atoms with van der Waals surface area (Å²) in [4.78, 5) is 69.7. The monoisotopic (exact) mass is 618 g/mol. The molecule has 0 rings (SSSR count). The molecule has 0 heterocycles. The van der Waals surface area contributed by atoms with Gasteiger partial charge in [-0.3, -0.25) is 53.5 Å². The zero-order valence-corrected chi connectivity index (χ0v) is 20.3. The zero-order chi connectivity index (χ0) is 27.7. The second-order valence-corrected chi connectivity index (χ2v) is 9.71. The van der Waals surface area contributed by atoms with E-state index in [2.05, 4.69) is 0 Å². The van der Waals surface area contributed by atoms with E-state index in [1.54, 1.807) is 0 Å². The van der Waals surface area contributed by atoms with Crippen LogP contribution in [0.4, 0.5) is 21.0 Å². The topological polar surface area (TPSA) is 342 Å². The Bertz CT molecular complexity index is 621. The fourth-order valence-corrected chi connectivity index (χ4v) is 0. The second-order valence-electron chi connectivity index (χ2n) is 3.24. The summed E-state index contributed by atoms with van der Waals surface area (Å²) >= 11 is 0. The molecule has 0 fully saturated rings. The van der Waals surface area contributed by atoms with Crippen molar-refractivity contribution in [2.24, 2.45) is 0 Å². The molecule has 0 radical (unpaired) electrons. The maximum atomic E-state index is 10.4. The molecular formula is C2H17F5LiO18P5S. The van der Waals surface area contributed by atoms with Gasteiger partial charge in [0, 0.05) is 0 Å². The maximum Gasteiger partial charge on any atom is 1.00 e. The van der Waals surface area contributed by atoms with Gasteiger partial charge in [-0.25, -0.2) is 22.8 Å². The van der Waals surface area contributed by atoms with Crippen molar-refractivity contribution >= 4 is 49.7 Å². The summed E-state index contributed by atoms with van der Waals surface area (Å²) in [6, 6.07) is 0. The Hall–Kier alpha value is 0.907. The molecule has 0 saturated carbocycles. The fourth-order valence-electron chi connectivity index (χ4n) is 0. The van der Waals surface area contributed by atoms with Gasteiger partial charge in [0.2, 0.25) is 0 Å². The van der Waals surface area contributed by atoms with Gasteiger partial charge in [0.1, 0.15) is 0 Å². The summed E-state index contributed by atoms with van der Waals surface area (Å²) in [7, 11) is -29.4. The molecule has 0 aliphatic heterocycles. The van der Waals surface area contributed by atoms with E-state index in [-0.39, 0.29) is 26.0 Å². The van der Waals surface area contributed by atoms with Crippen molar-refractivity contribution in [3.63, 3.8) is 0 Å². The van der Waals surface area contributed by atoms with Crippen LogP contribution in [0, 0.1) is 0 Å². The van der Waals surface area contributed by atoms with Gasteiger partial charge in [0.15, 0.2) is 0 Å². The normalized spacial score (nSPS) is 11.4. The first-order valence-electron chi connectivity index (χ1n) is 5.27. The van der Waals surface area contributed by atoms with E-state index in [0.717, 1.165) is 0 Å². The number of rotatable bonds is 1. The molecule has 200 valence electrons. The Morgan fingerprint density at radius 3 is 0.594 bits per heavy atom. The molecule has 0 aromatic rings. The van der Waals surface area contributed by atoms with Gasteiger partial charge in [-0.1, -0.05) is 0 Å². The first-order valence-corrected chi connectivity index (χ1v) is 14.4. The third-order valence-electron chi connectivity index (χ3n) is 0.365. The van der Waals surface area contributed by atoms with Crippen LogP contribution in [0.2, 0.25) is 0 Å². The van der Waals surface area contributed by atoms with Crippen LogP contribution in [-0.4, -0.2) is 67.7 Å². The largest absolute Gasteiger partial charge is 1.00 e. The summed E-state index contributed by atoms with van der Waals surface area (Å²) in [5.41, 5.74) is 0. The van der Waals surface area contributed by atoms with Crippen LogP contribution in [0.15, 0.2) is 0 Å². The summed E-state index contributed by atoms with van der Waals surface area (Å²) in [5, 5.41) is 0. The zero-order valence-electron chi connectivity index (χ0n) is 16.0. The van der Waals surface area contributed by atoms with Gasteiger partial charge >= 0.3 is 58.4 Å². The van der Waals surface area contributed by atoms with Crippen molar-refractivity contribution in [3.05, 3.63) is 0 Å². The molecular weight excluding hydrogens is 601 g/mol. The average Bonchev–Trinajstić information content (AvgIpc) is 2.14. The minimum atomic E-state index is -5.14. The molecule has 0 aromatic heterocycles. The quantitative estimate of drug-likeness (QED) is 0.0614. The SMILES string of the molecule is CCS(=O)(=O)O.O=P(O)(O)F.O=P(O)(O)F.O=P(O)(O)F.O=P(O)(O)F.O=P(O)(O)F.[H-].[Li+]. The first-order chi connectivity index (χ1) is 12.6. The molecule has 0 unspecified atom stereocenters. The fraction of sp³-hybridized carbons (Fsp3) is 1.00. The number of hydrogen-bond acceptors (Lipinski definition) is 7. The van der Waals surface area contributed by atoms with E-state index in [1.807, 2.05) is 0 Å². The van der Waals surface area contributed by atoms with Gasteiger partial charge < -0.3 is 1.43 Å². The van der Waals surface area contributed by atoms with Crippen LogP contribution in [0.5, 0.6) is 0 Å². The minimum absolute atomic E-state index is 0. The Labute approximate surface area is 188 Å². The molecule has 30 heteroatoms. The van der Waals surface area contributed by atoms with E-state index in [0.29, 0.717) is 0 Å². The van der Waals surface area contributed by atoms with E-state index in [4.69, 9.17) is 76.3 Å². The summed E-state index contributed by atoms with van der Waals surface area (Å²) < 4.78 is 122. The van der Waals surface area contributed by atoms with Crippen molar-refractivity contribution in [1.82, 2.24) is 0 Å². The first kappa shape index (κ1) is 49.9. The van der Waals surface area contributed by atoms with E-state index >= 15 is 0 Å². The molecule has 0 bridgehead atoms. The van der Waals surface area contributed by atoms with Crippen LogP contribution in [0.25, 0.3) is 0 Å². The molecule has 0 spiro atoms. The van der Waals surface area contributed by atoms with Crippen molar-refractivity contribution in [3.8, 4) is 0 Å². The van der Waals surface area contributed by atoms with Gasteiger partial charge in [-0.05, 0) is 6.92 Å². The Morgan fingerprint density at radius 2 is 0.594 bits per heavy atom. The van der Waals surface area contributed by atoms with Crippen LogP contribution < -0.4 is 18.9 Å². The predicted octanol–water partition coefficient (Wildman–Crippen LogP) is -2.75. The third-order valence-corrected chi connectivity index (χ3v) is 1.09. The molecule has 11 N–H and O–H groups in total. The molecule has 0 amide bonds. The number of hydrogen-bond donors (Lipinski definition) is 11. The molecule has 18 nitrogen and oxygen atoms in total. The summed E-state index contributed by atoms with van der Waals surface area (Å²) in [5.74, 6) is -0.201. The van der Waals surface area contributed by atoms with Crippen molar-refractivity contribution in [2.45, 2.75) is 6.92 Å². The van der Waals surface area contributed by atoms with Gasteiger partial charge in [0.25, 0.3) is 10.1 Å². The Kier molecular flexibility index (Phi) is 33.1. The van der Waals surface area contributed by atoms with Crippen LogP contribution in [-0.2, 0) is 32.9 Å². The molecule has 32 heavy (non-hydrogen) atoms. The second kappa shape index (κ2) is 21.2. The Morgan fingerprint density at radius 1 is 0.562 bits per heavy atom. The third kappa shape index (κ3) is 1810. The average molecular weight is 618 g/mol. The van der Waals surface area contributed by atoms with Crippen LogP contribution in [0.1, 0.15) is 8.35 Å². The smallest absolute Gasteiger partial charge is 1.00 e. The molecule has 0 atom stereocenters. The van der Waals surface area contributed by atoms with Crippen molar-refractivity contribution in [1.29, 1.82) is 0 Å². The Balaban J connectivity index is -0.0000000375. The molecule has 0 aliphatic carbocycles.